The van der Waals surface area contributed by atoms with Crippen LogP contribution in [-0.2, 0) is 11.3 Å². The average molecular weight is 553 g/mol. The van der Waals surface area contributed by atoms with Gasteiger partial charge >= 0.3 is 0 Å². The van der Waals surface area contributed by atoms with Crippen LogP contribution in [0.3, 0.4) is 0 Å². The van der Waals surface area contributed by atoms with Crippen molar-refractivity contribution in [3.8, 4) is 0 Å². The van der Waals surface area contributed by atoms with Gasteiger partial charge in [-0.3, -0.25) is 9.59 Å². The van der Waals surface area contributed by atoms with Crippen LogP contribution < -0.4 is 10.7 Å². The molecule has 196 valence electrons. The summed E-state index contributed by atoms with van der Waals surface area (Å²) in [5, 5.41) is 8.44. The third-order valence-electron chi connectivity index (χ3n) is 6.35. The number of rotatable bonds is 8. The molecule has 3 aromatic carbocycles. The molecule has 2 amide bonds. The quantitative estimate of drug-likeness (QED) is 0.197. The first kappa shape index (κ1) is 27.4. The van der Waals surface area contributed by atoms with Gasteiger partial charge < -0.3 is 9.88 Å². The molecule has 0 aliphatic carbocycles. The summed E-state index contributed by atoms with van der Waals surface area (Å²) < 4.78 is 16.4. The molecule has 4 aromatic rings. The minimum atomic E-state index is -0.852. The fourth-order valence-electron chi connectivity index (χ4n) is 4.28. The molecule has 0 spiro atoms. The van der Waals surface area contributed by atoms with E-state index in [0.717, 1.165) is 22.2 Å². The Balaban J connectivity index is 1.54. The molecule has 0 fully saturated rings. The van der Waals surface area contributed by atoms with E-state index in [4.69, 9.17) is 23.2 Å². The molecule has 0 saturated heterocycles. The molecule has 6 nitrogen and oxygen atoms in total. The molecule has 38 heavy (non-hydrogen) atoms. The molecule has 2 N–H and O–H groups in total. The maximum absolute atomic E-state index is 14.4. The molecule has 1 heterocycles. The second-order valence-corrected chi connectivity index (χ2v) is 10.1. The Labute approximate surface area is 230 Å². The summed E-state index contributed by atoms with van der Waals surface area (Å²) in [6.45, 7) is 5.92. The largest absolute Gasteiger partial charge is 0.340 e. The summed E-state index contributed by atoms with van der Waals surface area (Å²) >= 11 is 12.1. The number of hydrogen-bond acceptors (Lipinski definition) is 3. The Hall–Kier alpha value is -3.68. The summed E-state index contributed by atoms with van der Waals surface area (Å²) in [6, 6.07) is 18.1. The second-order valence-electron chi connectivity index (χ2n) is 9.25. The maximum atomic E-state index is 14.4. The van der Waals surface area contributed by atoms with Crippen molar-refractivity contribution >= 4 is 52.1 Å². The number of amides is 2. The summed E-state index contributed by atoms with van der Waals surface area (Å²) in [4.78, 5) is 25.7. The monoisotopic (exact) mass is 552 g/mol. The van der Waals surface area contributed by atoms with E-state index < -0.39 is 17.9 Å². The van der Waals surface area contributed by atoms with E-state index in [9.17, 15) is 14.0 Å². The minimum absolute atomic E-state index is 0.193. The van der Waals surface area contributed by atoms with Gasteiger partial charge in [0, 0.05) is 32.7 Å². The topological polar surface area (TPSA) is 75.5 Å². The molecular weight excluding hydrogens is 526 g/mol. The lowest BCUT2D eigenvalue weighted by Crippen LogP contribution is -2.48. The van der Waals surface area contributed by atoms with Crippen LogP contribution in [0, 0.1) is 18.7 Å². The molecule has 0 radical (unpaired) electrons. The number of hydrazone groups is 1. The van der Waals surface area contributed by atoms with Crippen LogP contribution in [0.1, 0.15) is 41.0 Å². The first-order chi connectivity index (χ1) is 18.2. The van der Waals surface area contributed by atoms with E-state index >= 15 is 0 Å². The van der Waals surface area contributed by atoms with Gasteiger partial charge in [0.15, 0.2) is 0 Å². The molecule has 1 unspecified atom stereocenters. The van der Waals surface area contributed by atoms with Crippen molar-refractivity contribution < 1.29 is 14.0 Å². The number of carbonyl (C=O) groups is 2. The lowest BCUT2D eigenvalue weighted by Gasteiger charge is -2.20. The van der Waals surface area contributed by atoms with E-state index in [1.807, 2.05) is 55.7 Å². The zero-order chi connectivity index (χ0) is 27.4. The fraction of sp³-hybridized carbons (Fsp3) is 0.207. The highest BCUT2D eigenvalue weighted by atomic mass is 35.5. The molecule has 9 heteroatoms. The SMILES string of the molecule is Cc1c(C=NNC(=O)C(NC(=O)c2ccc(Cl)cc2Cl)C(C)C)c2ccccc2n1Cc1ccccc1F. The summed E-state index contributed by atoms with van der Waals surface area (Å²) in [6.07, 6.45) is 1.57. The van der Waals surface area contributed by atoms with Crippen LogP contribution in [0.15, 0.2) is 71.8 Å². The van der Waals surface area contributed by atoms with Crippen LogP contribution in [0.5, 0.6) is 0 Å². The third kappa shape index (κ3) is 5.90. The van der Waals surface area contributed by atoms with Gasteiger partial charge in [-0.15, -0.1) is 0 Å². The van der Waals surface area contributed by atoms with Gasteiger partial charge in [-0.2, -0.15) is 5.10 Å². The lowest BCUT2D eigenvalue weighted by molar-refractivity contribution is -0.123. The number of carbonyl (C=O) groups excluding carboxylic acids is 2. The van der Waals surface area contributed by atoms with Gasteiger partial charge in [0.2, 0.25) is 0 Å². The predicted molar refractivity (Wildman–Crippen MR) is 150 cm³/mol. The van der Waals surface area contributed by atoms with E-state index in [0.29, 0.717) is 17.1 Å². The molecule has 0 bridgehead atoms. The van der Waals surface area contributed by atoms with Crippen LogP contribution in [0.25, 0.3) is 10.9 Å². The van der Waals surface area contributed by atoms with Crippen LogP contribution in [-0.4, -0.2) is 28.6 Å². The van der Waals surface area contributed by atoms with Gasteiger partial charge in [0.05, 0.1) is 23.3 Å². The van der Waals surface area contributed by atoms with Gasteiger partial charge in [-0.1, -0.05) is 73.4 Å². The Morgan fingerprint density at radius 2 is 1.76 bits per heavy atom. The van der Waals surface area contributed by atoms with Crippen LogP contribution >= 0.6 is 23.2 Å². The van der Waals surface area contributed by atoms with Crippen molar-refractivity contribution in [1.82, 2.24) is 15.3 Å². The fourth-order valence-corrected chi connectivity index (χ4v) is 4.77. The standard InChI is InChI=1S/C29H27Cl2FN4O2/c1-17(2)27(34-28(37)22-13-12-20(30)14-24(22)31)29(38)35-33-15-23-18(3)36(26-11-7-5-9-21(23)26)16-19-8-4-6-10-25(19)32/h4-15,17,27H,16H2,1-3H3,(H,34,37)(H,35,38). The number of halogens is 3. The summed E-state index contributed by atoms with van der Waals surface area (Å²) in [5.74, 6) is -1.45. The lowest BCUT2D eigenvalue weighted by atomic mass is 10.0. The highest BCUT2D eigenvalue weighted by Gasteiger charge is 2.25. The van der Waals surface area contributed by atoms with Crippen molar-refractivity contribution in [3.05, 3.63) is 105 Å². The Morgan fingerprint density at radius 3 is 2.47 bits per heavy atom. The molecule has 1 atom stereocenters. The van der Waals surface area contributed by atoms with Gasteiger partial charge in [-0.25, -0.2) is 9.82 Å². The van der Waals surface area contributed by atoms with E-state index in [2.05, 4.69) is 15.8 Å². The molecular formula is C29H27Cl2FN4O2. The zero-order valence-corrected chi connectivity index (χ0v) is 22.6. The molecule has 0 aliphatic rings. The summed E-state index contributed by atoms with van der Waals surface area (Å²) in [7, 11) is 0. The normalized spacial score (nSPS) is 12.3. The highest BCUT2D eigenvalue weighted by molar-refractivity contribution is 6.36. The third-order valence-corrected chi connectivity index (χ3v) is 6.89. The number of nitrogens with zero attached hydrogens (tertiary/aromatic N) is 2. The highest BCUT2D eigenvalue weighted by Crippen LogP contribution is 2.26. The Morgan fingerprint density at radius 1 is 1.05 bits per heavy atom. The van der Waals surface area contributed by atoms with Crippen molar-refractivity contribution in [3.63, 3.8) is 0 Å². The number of aromatic nitrogens is 1. The van der Waals surface area contributed by atoms with Crippen molar-refractivity contribution in [2.45, 2.75) is 33.4 Å². The van der Waals surface area contributed by atoms with Crippen LogP contribution in [0.4, 0.5) is 4.39 Å². The first-order valence-electron chi connectivity index (χ1n) is 12.1. The number of fused-ring (bicyclic) bond motifs is 1. The smallest absolute Gasteiger partial charge is 0.262 e. The zero-order valence-electron chi connectivity index (χ0n) is 21.1. The molecule has 0 saturated carbocycles. The van der Waals surface area contributed by atoms with E-state index in [-0.39, 0.29) is 22.3 Å². The van der Waals surface area contributed by atoms with Gasteiger partial charge in [0.25, 0.3) is 11.8 Å². The van der Waals surface area contributed by atoms with E-state index in [1.54, 1.807) is 24.4 Å². The molecule has 4 rings (SSSR count). The van der Waals surface area contributed by atoms with Crippen LogP contribution in [0.2, 0.25) is 10.0 Å². The molecule has 0 aliphatic heterocycles. The number of para-hydroxylation sites is 1. The minimum Gasteiger partial charge on any atom is -0.340 e. The van der Waals surface area contributed by atoms with E-state index in [1.165, 1.54) is 18.2 Å². The maximum Gasteiger partial charge on any atom is 0.262 e. The van der Waals surface area contributed by atoms with Gasteiger partial charge in [0.1, 0.15) is 11.9 Å². The van der Waals surface area contributed by atoms with Gasteiger partial charge in [-0.05, 0) is 43.2 Å². The Kier molecular flexibility index (Phi) is 8.49. The molecule has 1 aromatic heterocycles. The average Bonchev–Trinajstić information content (AvgIpc) is 3.14. The number of hydrogen-bond donors (Lipinski definition) is 2. The van der Waals surface area contributed by atoms with Crippen molar-refractivity contribution in [2.75, 3.05) is 0 Å². The van der Waals surface area contributed by atoms with Crippen molar-refractivity contribution in [1.29, 1.82) is 0 Å². The number of nitrogens with one attached hydrogen (secondary N) is 2. The Bertz CT molecular complexity index is 1530. The van der Waals surface area contributed by atoms with Crippen molar-refractivity contribution in [2.24, 2.45) is 11.0 Å². The number of benzene rings is 3. The summed E-state index contributed by atoms with van der Waals surface area (Å²) in [5.41, 5.74) is 5.94. The predicted octanol–water partition coefficient (Wildman–Crippen LogP) is 6.35. The first-order valence-corrected chi connectivity index (χ1v) is 12.8. The second kappa shape index (κ2) is 11.8.